The van der Waals surface area contributed by atoms with Crippen LogP contribution in [0.3, 0.4) is 0 Å². The molecule has 0 aliphatic heterocycles. The van der Waals surface area contributed by atoms with Crippen LogP contribution in [0.25, 0.3) is 0 Å². The summed E-state index contributed by atoms with van der Waals surface area (Å²) in [6.07, 6.45) is 0. The molecule has 0 fully saturated rings. The predicted molar refractivity (Wildman–Crippen MR) is 91.9 cm³/mol. The molecular formula is C16H24N2O6S. The molecule has 0 saturated heterocycles. The third-order valence-corrected chi connectivity index (χ3v) is 5.86. The molecule has 1 aromatic carbocycles. The van der Waals surface area contributed by atoms with Gasteiger partial charge in [0, 0.05) is 25.8 Å². The number of rotatable bonds is 8. The summed E-state index contributed by atoms with van der Waals surface area (Å²) in [5.74, 6) is -1.87. The number of aliphatic carboxylic acids is 1. The molecule has 8 nitrogen and oxygen atoms in total. The number of amides is 1. The van der Waals surface area contributed by atoms with Gasteiger partial charge in [-0.1, -0.05) is 0 Å². The molecule has 0 bridgehead atoms. The van der Waals surface area contributed by atoms with E-state index in [1.807, 2.05) is 0 Å². The number of sulfonamides is 1. The van der Waals surface area contributed by atoms with Crippen molar-refractivity contribution in [1.82, 2.24) is 9.62 Å². The Morgan fingerprint density at radius 2 is 1.80 bits per heavy atom. The molecule has 1 atom stereocenters. The van der Waals surface area contributed by atoms with Crippen molar-refractivity contribution in [3.63, 3.8) is 0 Å². The maximum atomic E-state index is 12.4. The number of ether oxygens (including phenoxy) is 1. The van der Waals surface area contributed by atoms with Crippen molar-refractivity contribution in [2.45, 2.75) is 37.2 Å². The summed E-state index contributed by atoms with van der Waals surface area (Å²) in [4.78, 5) is 23.6. The normalized spacial score (nSPS) is 14.4. The molecule has 1 unspecified atom stereocenters. The third-order valence-electron chi connectivity index (χ3n) is 3.82. The monoisotopic (exact) mass is 372 g/mol. The largest absolute Gasteiger partial charge is 0.479 e. The van der Waals surface area contributed by atoms with E-state index in [1.54, 1.807) is 13.8 Å². The summed E-state index contributed by atoms with van der Waals surface area (Å²) < 4.78 is 30.8. The number of carbonyl (C=O) groups is 2. The average Bonchev–Trinajstić information content (AvgIpc) is 2.54. The number of hydrogen-bond donors (Lipinski definition) is 2. The van der Waals surface area contributed by atoms with Crippen LogP contribution in [-0.2, 0) is 19.6 Å². The van der Waals surface area contributed by atoms with Gasteiger partial charge >= 0.3 is 5.97 Å². The van der Waals surface area contributed by atoms with Crippen molar-refractivity contribution in [3.8, 4) is 0 Å². The lowest BCUT2D eigenvalue weighted by molar-refractivity contribution is -0.145. The van der Waals surface area contributed by atoms with E-state index in [0.29, 0.717) is 0 Å². The zero-order valence-electron chi connectivity index (χ0n) is 14.9. The van der Waals surface area contributed by atoms with Crippen LogP contribution in [0.4, 0.5) is 0 Å². The van der Waals surface area contributed by atoms with Crippen LogP contribution in [0.2, 0.25) is 0 Å². The number of benzene rings is 1. The van der Waals surface area contributed by atoms with E-state index in [9.17, 15) is 23.1 Å². The summed E-state index contributed by atoms with van der Waals surface area (Å²) in [6, 6.07) is 5.10. The van der Waals surface area contributed by atoms with Crippen LogP contribution in [-0.4, -0.2) is 62.1 Å². The number of carboxylic acid groups (broad SMARTS) is 1. The third kappa shape index (κ3) is 4.77. The summed E-state index contributed by atoms with van der Waals surface area (Å²) in [5.41, 5.74) is -1.44. The number of nitrogens with zero attached hydrogens (tertiary/aromatic N) is 1. The zero-order valence-corrected chi connectivity index (χ0v) is 15.8. The Kier molecular flexibility index (Phi) is 6.69. The highest BCUT2D eigenvalue weighted by Crippen LogP contribution is 2.17. The fourth-order valence-corrected chi connectivity index (χ4v) is 3.35. The Balaban J connectivity index is 3.03. The van der Waals surface area contributed by atoms with Crippen molar-refractivity contribution in [2.24, 2.45) is 0 Å². The molecule has 9 heteroatoms. The molecule has 0 aliphatic rings. The van der Waals surface area contributed by atoms with Gasteiger partial charge in [0.25, 0.3) is 5.91 Å². The topological polar surface area (TPSA) is 113 Å². The van der Waals surface area contributed by atoms with E-state index < -0.39 is 27.4 Å². The minimum Gasteiger partial charge on any atom is -0.479 e. The van der Waals surface area contributed by atoms with Crippen molar-refractivity contribution in [1.29, 1.82) is 0 Å². The molecule has 25 heavy (non-hydrogen) atoms. The van der Waals surface area contributed by atoms with E-state index in [-0.39, 0.29) is 23.1 Å². The van der Waals surface area contributed by atoms with Gasteiger partial charge in [-0.05, 0) is 45.0 Å². The van der Waals surface area contributed by atoms with Crippen LogP contribution in [0.5, 0.6) is 0 Å². The summed E-state index contributed by atoms with van der Waals surface area (Å²) in [6.45, 7) is 4.62. The van der Waals surface area contributed by atoms with E-state index in [2.05, 4.69) is 5.32 Å². The van der Waals surface area contributed by atoms with E-state index in [4.69, 9.17) is 4.74 Å². The Morgan fingerprint density at radius 3 is 2.20 bits per heavy atom. The Bertz CT molecular complexity index is 729. The molecule has 2 N–H and O–H groups in total. The minimum atomic E-state index is -3.65. The first-order chi connectivity index (χ1) is 11.5. The molecular weight excluding hydrogens is 348 g/mol. The van der Waals surface area contributed by atoms with Crippen LogP contribution in [0.1, 0.15) is 31.1 Å². The quantitative estimate of drug-likeness (QED) is 0.702. The number of hydrogen-bond acceptors (Lipinski definition) is 5. The standard InChI is InChI=1S/C16H24N2O6S/c1-11(2)18(4)25(22,23)13-8-6-12(7-9-13)14(19)17-16(3,10-24-5)15(20)21/h6-9,11H,10H2,1-5H3,(H,17,19)(H,20,21). The van der Waals surface area contributed by atoms with Gasteiger partial charge < -0.3 is 15.2 Å². The summed E-state index contributed by atoms with van der Waals surface area (Å²) in [5, 5.41) is 11.6. The van der Waals surface area contributed by atoms with E-state index in [1.165, 1.54) is 49.7 Å². The summed E-state index contributed by atoms with van der Waals surface area (Å²) in [7, 11) is -0.843. The van der Waals surface area contributed by atoms with Crippen molar-refractivity contribution in [3.05, 3.63) is 29.8 Å². The molecule has 0 aliphatic carbocycles. The molecule has 1 aromatic rings. The first-order valence-electron chi connectivity index (χ1n) is 7.58. The van der Waals surface area contributed by atoms with Gasteiger partial charge in [0.2, 0.25) is 10.0 Å². The van der Waals surface area contributed by atoms with Gasteiger partial charge in [-0.15, -0.1) is 0 Å². The SMILES string of the molecule is COCC(C)(NC(=O)c1ccc(S(=O)(=O)N(C)C(C)C)cc1)C(=O)O. The minimum absolute atomic E-state index is 0.0538. The second kappa shape index (κ2) is 7.94. The summed E-state index contributed by atoms with van der Waals surface area (Å²) >= 11 is 0. The maximum Gasteiger partial charge on any atom is 0.331 e. The van der Waals surface area contributed by atoms with Gasteiger partial charge in [-0.25, -0.2) is 13.2 Å². The zero-order chi connectivity index (χ0) is 19.4. The van der Waals surface area contributed by atoms with Gasteiger partial charge in [-0.3, -0.25) is 4.79 Å². The Morgan fingerprint density at radius 1 is 1.28 bits per heavy atom. The van der Waals surface area contributed by atoms with E-state index >= 15 is 0 Å². The van der Waals surface area contributed by atoms with Gasteiger partial charge in [-0.2, -0.15) is 4.31 Å². The molecule has 0 spiro atoms. The predicted octanol–water partition coefficient (Wildman–Crippen LogP) is 0.935. The van der Waals surface area contributed by atoms with Crippen LogP contribution in [0, 0.1) is 0 Å². The highest BCUT2D eigenvalue weighted by Gasteiger charge is 2.35. The first kappa shape index (κ1) is 21.1. The molecule has 0 saturated carbocycles. The van der Waals surface area contributed by atoms with Crippen molar-refractivity contribution < 1.29 is 27.9 Å². The lowest BCUT2D eigenvalue weighted by Crippen LogP contribution is -2.55. The molecule has 0 aromatic heterocycles. The molecule has 1 amide bonds. The molecule has 140 valence electrons. The molecule has 0 radical (unpaired) electrons. The average molecular weight is 372 g/mol. The van der Waals surface area contributed by atoms with Crippen molar-refractivity contribution in [2.75, 3.05) is 20.8 Å². The lowest BCUT2D eigenvalue weighted by atomic mass is 10.0. The Hall–Kier alpha value is -1.97. The number of methoxy groups -OCH3 is 1. The fourth-order valence-electron chi connectivity index (χ4n) is 1.98. The van der Waals surface area contributed by atoms with Gasteiger partial charge in [0.15, 0.2) is 5.54 Å². The first-order valence-corrected chi connectivity index (χ1v) is 9.02. The second-order valence-corrected chi connectivity index (χ2v) is 8.16. The highest BCUT2D eigenvalue weighted by molar-refractivity contribution is 7.89. The van der Waals surface area contributed by atoms with Gasteiger partial charge in [0.05, 0.1) is 11.5 Å². The van der Waals surface area contributed by atoms with Crippen LogP contribution >= 0.6 is 0 Å². The van der Waals surface area contributed by atoms with Gasteiger partial charge in [0.1, 0.15) is 0 Å². The van der Waals surface area contributed by atoms with Crippen LogP contribution < -0.4 is 5.32 Å². The number of carboxylic acids is 1. The van der Waals surface area contributed by atoms with Crippen LogP contribution in [0.15, 0.2) is 29.2 Å². The number of nitrogens with one attached hydrogen (secondary N) is 1. The highest BCUT2D eigenvalue weighted by atomic mass is 32.2. The molecule has 1 rings (SSSR count). The fraction of sp³-hybridized carbons (Fsp3) is 0.500. The Labute approximate surface area is 147 Å². The second-order valence-electron chi connectivity index (χ2n) is 6.16. The van der Waals surface area contributed by atoms with Crippen molar-refractivity contribution >= 4 is 21.9 Å². The maximum absolute atomic E-state index is 12.4. The molecule has 0 heterocycles. The van der Waals surface area contributed by atoms with E-state index in [0.717, 1.165) is 0 Å². The smallest absolute Gasteiger partial charge is 0.331 e. The number of carbonyl (C=O) groups excluding carboxylic acids is 1. The lowest BCUT2D eigenvalue weighted by Gasteiger charge is -2.25.